The van der Waals surface area contributed by atoms with E-state index in [9.17, 15) is 4.39 Å². The van der Waals surface area contributed by atoms with E-state index in [1.165, 1.54) is 6.07 Å². The molecule has 0 aliphatic heterocycles. The molecule has 11 heavy (non-hydrogen) atoms. The van der Waals surface area contributed by atoms with Gasteiger partial charge in [-0.3, -0.25) is 0 Å². The van der Waals surface area contributed by atoms with E-state index in [1.54, 1.807) is 6.07 Å². The van der Waals surface area contributed by atoms with E-state index in [1.807, 2.05) is 6.07 Å². The molecule has 0 N–H and O–H groups in total. The number of aryl methyl sites for hydroxylation is 1. The lowest BCUT2D eigenvalue weighted by Gasteiger charge is -1.97. The smallest absolute Gasteiger partial charge is 0.131 e. The van der Waals surface area contributed by atoms with Crippen molar-refractivity contribution in [3.63, 3.8) is 0 Å². The first-order valence-electron chi connectivity index (χ1n) is 3.99. The lowest BCUT2D eigenvalue weighted by atomic mass is 10.1. The van der Waals surface area contributed by atoms with Gasteiger partial charge in [0.1, 0.15) is 5.82 Å². The van der Waals surface area contributed by atoms with Crippen LogP contribution in [0.1, 0.15) is 25.3 Å². The van der Waals surface area contributed by atoms with Crippen molar-refractivity contribution in [1.82, 2.24) is 0 Å². The maximum atomic E-state index is 12.5. The van der Waals surface area contributed by atoms with Gasteiger partial charge in [0.25, 0.3) is 0 Å². The highest BCUT2D eigenvalue weighted by Crippen LogP contribution is 2.05. The standard InChI is InChI=1S/C10H12F/c1-2-3-5-9-6-4-7-10(11)8-9/h4,6-7H,2-3,5H2,1H3. The number of hydrogen-bond acceptors (Lipinski definition) is 0. The zero-order chi connectivity index (χ0) is 8.10. The minimum Gasteiger partial charge on any atom is -0.206 e. The highest BCUT2D eigenvalue weighted by Gasteiger charge is 1.93. The number of rotatable bonds is 3. The second kappa shape index (κ2) is 4.12. The molecule has 0 unspecified atom stereocenters. The molecule has 0 saturated heterocycles. The summed E-state index contributed by atoms with van der Waals surface area (Å²) < 4.78 is 12.5. The van der Waals surface area contributed by atoms with Gasteiger partial charge in [0, 0.05) is 6.07 Å². The van der Waals surface area contributed by atoms with E-state index in [4.69, 9.17) is 0 Å². The molecule has 1 heteroatoms. The van der Waals surface area contributed by atoms with E-state index in [0.29, 0.717) is 0 Å². The van der Waals surface area contributed by atoms with Crippen molar-refractivity contribution in [2.24, 2.45) is 0 Å². The Labute approximate surface area is 67.1 Å². The van der Waals surface area contributed by atoms with Crippen molar-refractivity contribution in [1.29, 1.82) is 0 Å². The molecule has 0 bridgehead atoms. The lowest BCUT2D eigenvalue weighted by Crippen LogP contribution is -1.85. The van der Waals surface area contributed by atoms with Crippen molar-refractivity contribution in [3.8, 4) is 0 Å². The molecule has 0 aliphatic rings. The minimum absolute atomic E-state index is 0.251. The van der Waals surface area contributed by atoms with Gasteiger partial charge >= 0.3 is 0 Å². The molecule has 0 saturated carbocycles. The second-order valence-electron chi connectivity index (χ2n) is 2.63. The lowest BCUT2D eigenvalue weighted by molar-refractivity contribution is 0.621. The quantitative estimate of drug-likeness (QED) is 0.623. The first-order chi connectivity index (χ1) is 5.33. The van der Waals surface area contributed by atoms with Gasteiger partial charge in [-0.05, 0) is 24.5 Å². The van der Waals surface area contributed by atoms with Crippen LogP contribution in [0.5, 0.6) is 0 Å². The normalized spacial score (nSPS) is 10.0. The summed E-state index contributed by atoms with van der Waals surface area (Å²) in [6, 6.07) is 7.75. The van der Waals surface area contributed by atoms with Crippen molar-refractivity contribution in [2.75, 3.05) is 0 Å². The summed E-state index contributed by atoms with van der Waals surface area (Å²) in [5.41, 5.74) is 0.979. The van der Waals surface area contributed by atoms with Crippen LogP contribution >= 0.6 is 0 Å². The third-order valence-electron chi connectivity index (χ3n) is 1.62. The topological polar surface area (TPSA) is 0 Å². The molecule has 1 radical (unpaired) electrons. The molecule has 1 rings (SSSR count). The summed E-state index contributed by atoms with van der Waals surface area (Å²) in [6.45, 7) is 2.12. The third-order valence-corrected chi connectivity index (χ3v) is 1.62. The van der Waals surface area contributed by atoms with E-state index < -0.39 is 0 Å². The van der Waals surface area contributed by atoms with Gasteiger partial charge in [-0.2, -0.15) is 0 Å². The molecule has 0 nitrogen and oxygen atoms in total. The SMILES string of the molecule is CCCCc1[c]c(F)ccc1. The molecule has 0 aromatic heterocycles. The maximum absolute atomic E-state index is 12.5. The third kappa shape index (κ3) is 2.71. The fraction of sp³-hybridized carbons (Fsp3) is 0.400. The van der Waals surface area contributed by atoms with Gasteiger partial charge in [-0.15, -0.1) is 0 Å². The summed E-state index contributed by atoms with van der Waals surface area (Å²) in [5, 5.41) is 0. The first kappa shape index (κ1) is 8.25. The Bertz CT molecular complexity index is 218. The molecule has 0 fully saturated rings. The Morgan fingerprint density at radius 3 is 2.91 bits per heavy atom. The molecular weight excluding hydrogens is 139 g/mol. The van der Waals surface area contributed by atoms with Crippen LogP contribution in [0.25, 0.3) is 0 Å². The van der Waals surface area contributed by atoms with Crippen LogP contribution in [0.3, 0.4) is 0 Å². The molecule has 1 aromatic carbocycles. The van der Waals surface area contributed by atoms with Gasteiger partial charge in [-0.1, -0.05) is 25.5 Å². The Morgan fingerprint density at radius 1 is 1.45 bits per heavy atom. The van der Waals surface area contributed by atoms with Crippen LogP contribution in [-0.2, 0) is 6.42 Å². The zero-order valence-electron chi connectivity index (χ0n) is 6.73. The average Bonchev–Trinajstić information content (AvgIpc) is 2.01. The molecule has 0 spiro atoms. The van der Waals surface area contributed by atoms with Crippen LogP contribution in [0.2, 0.25) is 0 Å². The number of halogens is 1. The van der Waals surface area contributed by atoms with E-state index in [-0.39, 0.29) is 5.82 Å². The fourth-order valence-corrected chi connectivity index (χ4v) is 0.999. The van der Waals surface area contributed by atoms with Crippen LogP contribution in [0.4, 0.5) is 4.39 Å². The summed E-state index contributed by atoms with van der Waals surface area (Å²) in [5.74, 6) is -0.251. The van der Waals surface area contributed by atoms with Crippen LogP contribution in [-0.4, -0.2) is 0 Å². The van der Waals surface area contributed by atoms with E-state index in [0.717, 1.165) is 24.8 Å². The molecule has 59 valence electrons. The summed E-state index contributed by atoms with van der Waals surface area (Å²) >= 11 is 0. The largest absolute Gasteiger partial charge is 0.206 e. The van der Waals surface area contributed by atoms with Crippen molar-refractivity contribution in [3.05, 3.63) is 35.6 Å². The summed E-state index contributed by atoms with van der Waals surface area (Å²) in [6.07, 6.45) is 3.19. The Kier molecular flexibility index (Phi) is 3.09. The van der Waals surface area contributed by atoms with Crippen molar-refractivity contribution < 1.29 is 4.39 Å². The Morgan fingerprint density at radius 2 is 2.27 bits per heavy atom. The highest BCUT2D eigenvalue weighted by molar-refractivity contribution is 5.14. The van der Waals surface area contributed by atoms with Gasteiger partial charge in [0.05, 0.1) is 0 Å². The Hall–Kier alpha value is -0.850. The molecule has 0 aliphatic carbocycles. The molecule has 0 atom stereocenters. The van der Waals surface area contributed by atoms with Gasteiger partial charge in [0.2, 0.25) is 0 Å². The van der Waals surface area contributed by atoms with E-state index in [2.05, 4.69) is 13.0 Å². The van der Waals surface area contributed by atoms with Crippen LogP contribution in [0.15, 0.2) is 18.2 Å². The van der Waals surface area contributed by atoms with Gasteiger partial charge < -0.3 is 0 Å². The van der Waals surface area contributed by atoms with E-state index >= 15 is 0 Å². The molecule has 0 heterocycles. The maximum Gasteiger partial charge on any atom is 0.131 e. The number of benzene rings is 1. The number of unbranched alkanes of at least 4 members (excludes halogenated alkanes) is 1. The zero-order valence-corrected chi connectivity index (χ0v) is 6.73. The summed E-state index contributed by atoms with van der Waals surface area (Å²) in [7, 11) is 0. The molecular formula is C10H12F. The average molecular weight is 151 g/mol. The first-order valence-corrected chi connectivity index (χ1v) is 3.99. The van der Waals surface area contributed by atoms with Crippen molar-refractivity contribution >= 4 is 0 Å². The Balaban J connectivity index is 2.56. The summed E-state index contributed by atoms with van der Waals surface area (Å²) in [4.78, 5) is 0. The highest BCUT2D eigenvalue weighted by atomic mass is 19.1. The molecule has 1 aromatic rings. The monoisotopic (exact) mass is 151 g/mol. The van der Waals surface area contributed by atoms with Crippen LogP contribution in [0, 0.1) is 11.9 Å². The second-order valence-corrected chi connectivity index (χ2v) is 2.63. The van der Waals surface area contributed by atoms with Gasteiger partial charge in [-0.25, -0.2) is 4.39 Å². The number of hydrogen-bond donors (Lipinski definition) is 0. The predicted octanol–water partition coefficient (Wildman–Crippen LogP) is 2.97. The minimum atomic E-state index is -0.251. The van der Waals surface area contributed by atoms with Gasteiger partial charge in [0.15, 0.2) is 0 Å². The predicted molar refractivity (Wildman–Crippen MR) is 43.8 cm³/mol. The fourth-order valence-electron chi connectivity index (χ4n) is 0.999. The van der Waals surface area contributed by atoms with Crippen LogP contribution < -0.4 is 0 Å². The molecule has 0 amide bonds. The van der Waals surface area contributed by atoms with Crippen molar-refractivity contribution in [2.45, 2.75) is 26.2 Å².